The molecule has 1 atom stereocenters. The average Bonchev–Trinajstić information content (AvgIpc) is 2.75. The lowest BCUT2D eigenvalue weighted by Crippen LogP contribution is -2.46. The van der Waals surface area contributed by atoms with Gasteiger partial charge in [0, 0.05) is 44.8 Å². The fourth-order valence-corrected chi connectivity index (χ4v) is 3.31. The van der Waals surface area contributed by atoms with Crippen molar-refractivity contribution in [2.75, 3.05) is 39.3 Å². The molecule has 6 nitrogen and oxygen atoms in total. The summed E-state index contributed by atoms with van der Waals surface area (Å²) < 4.78 is 0. The molecular weight excluding hydrogens is 388 g/mol. The molecule has 3 rings (SSSR count). The van der Waals surface area contributed by atoms with E-state index in [0.29, 0.717) is 12.1 Å². The van der Waals surface area contributed by atoms with Crippen LogP contribution in [0.15, 0.2) is 60.7 Å². The third kappa shape index (κ3) is 7.49. The Kier molecular flexibility index (Phi) is 9.64. The number of hydrogen-bond acceptors (Lipinski definition) is 4. The van der Waals surface area contributed by atoms with E-state index in [4.69, 9.17) is 0 Å². The maximum atomic E-state index is 12.6. The van der Waals surface area contributed by atoms with Gasteiger partial charge in [0.15, 0.2) is 0 Å². The van der Waals surface area contributed by atoms with Gasteiger partial charge < -0.3 is 16.0 Å². The molecule has 0 aromatic heterocycles. The van der Waals surface area contributed by atoms with Crippen molar-refractivity contribution in [2.24, 2.45) is 0 Å². The molecule has 2 amide bonds. The Bertz CT molecular complexity index is 752. The van der Waals surface area contributed by atoms with Gasteiger partial charge in [0.1, 0.15) is 0 Å². The quantitative estimate of drug-likeness (QED) is 0.615. The van der Waals surface area contributed by atoms with Gasteiger partial charge >= 0.3 is 0 Å². The molecule has 0 spiro atoms. The maximum Gasteiger partial charge on any atom is 0.251 e. The highest BCUT2D eigenvalue weighted by atomic mass is 35.5. The van der Waals surface area contributed by atoms with Crippen molar-refractivity contribution in [3.63, 3.8) is 0 Å². The number of piperazine rings is 1. The molecule has 0 aliphatic carbocycles. The van der Waals surface area contributed by atoms with Gasteiger partial charge in [0.25, 0.3) is 5.91 Å². The highest BCUT2D eigenvalue weighted by molar-refractivity contribution is 5.94. The summed E-state index contributed by atoms with van der Waals surface area (Å²) in [7, 11) is 0. The van der Waals surface area contributed by atoms with E-state index in [1.54, 1.807) is 12.1 Å². The Morgan fingerprint density at radius 2 is 1.59 bits per heavy atom. The highest BCUT2D eigenvalue weighted by Gasteiger charge is 2.19. The van der Waals surface area contributed by atoms with Crippen LogP contribution in [0.25, 0.3) is 0 Å². The van der Waals surface area contributed by atoms with Gasteiger partial charge in [-0.1, -0.05) is 48.5 Å². The molecule has 1 fully saturated rings. The van der Waals surface area contributed by atoms with Crippen molar-refractivity contribution in [3.05, 3.63) is 71.8 Å². The summed E-state index contributed by atoms with van der Waals surface area (Å²) in [5, 5.41) is 9.31. The van der Waals surface area contributed by atoms with Crippen molar-refractivity contribution in [1.82, 2.24) is 20.9 Å². The van der Waals surface area contributed by atoms with Crippen LogP contribution < -0.4 is 16.0 Å². The van der Waals surface area contributed by atoms with E-state index >= 15 is 0 Å². The molecule has 7 heteroatoms. The van der Waals surface area contributed by atoms with E-state index in [1.807, 2.05) is 48.5 Å². The molecule has 1 heterocycles. The lowest BCUT2D eigenvalue weighted by Gasteiger charge is -2.27. The van der Waals surface area contributed by atoms with Gasteiger partial charge in [0.05, 0.1) is 12.5 Å². The number of nitrogens with zero attached hydrogens (tertiary/aromatic N) is 1. The number of carbonyl (C=O) groups excluding carboxylic acids is 2. The molecule has 2 aromatic rings. The second-order valence-electron chi connectivity index (χ2n) is 6.95. The van der Waals surface area contributed by atoms with E-state index in [1.165, 1.54) is 0 Å². The maximum absolute atomic E-state index is 12.6. The third-order valence-corrected chi connectivity index (χ3v) is 4.89. The highest BCUT2D eigenvalue weighted by Crippen LogP contribution is 2.17. The Morgan fingerprint density at radius 1 is 0.966 bits per heavy atom. The smallest absolute Gasteiger partial charge is 0.251 e. The summed E-state index contributed by atoms with van der Waals surface area (Å²) >= 11 is 0. The Morgan fingerprint density at radius 3 is 2.24 bits per heavy atom. The van der Waals surface area contributed by atoms with Gasteiger partial charge in [-0.25, -0.2) is 0 Å². The molecule has 1 saturated heterocycles. The first-order valence-corrected chi connectivity index (χ1v) is 9.83. The first-order chi connectivity index (χ1) is 13.7. The number of halogens is 1. The van der Waals surface area contributed by atoms with E-state index in [-0.39, 0.29) is 36.7 Å². The molecule has 0 saturated carbocycles. The Hall–Kier alpha value is -2.41. The summed E-state index contributed by atoms with van der Waals surface area (Å²) in [5.74, 6) is -0.236. The van der Waals surface area contributed by atoms with Crippen LogP contribution in [0.4, 0.5) is 0 Å². The fraction of sp³-hybridized carbons (Fsp3) is 0.364. The first kappa shape index (κ1) is 22.9. The number of rotatable bonds is 8. The zero-order valence-electron chi connectivity index (χ0n) is 16.5. The zero-order valence-corrected chi connectivity index (χ0v) is 17.3. The van der Waals surface area contributed by atoms with E-state index < -0.39 is 0 Å². The van der Waals surface area contributed by atoms with Crippen LogP contribution >= 0.6 is 12.4 Å². The number of carbonyl (C=O) groups is 2. The molecule has 1 aliphatic heterocycles. The summed E-state index contributed by atoms with van der Waals surface area (Å²) in [6.45, 7) is 5.48. The largest absolute Gasteiger partial charge is 0.355 e. The third-order valence-electron chi connectivity index (χ3n) is 4.89. The molecule has 156 valence electrons. The van der Waals surface area contributed by atoms with Crippen LogP contribution in [0.5, 0.6) is 0 Å². The number of nitrogens with one attached hydrogen (secondary N) is 3. The van der Waals surface area contributed by atoms with Crippen molar-refractivity contribution in [2.45, 2.75) is 12.5 Å². The molecule has 1 unspecified atom stereocenters. The van der Waals surface area contributed by atoms with Crippen LogP contribution in [0, 0.1) is 0 Å². The summed E-state index contributed by atoms with van der Waals surface area (Å²) in [6, 6.07) is 18.3. The van der Waals surface area contributed by atoms with E-state index in [9.17, 15) is 9.59 Å². The van der Waals surface area contributed by atoms with Crippen LogP contribution in [-0.2, 0) is 4.79 Å². The molecular formula is C22H29ClN4O2. The molecule has 2 aromatic carbocycles. The van der Waals surface area contributed by atoms with Crippen LogP contribution in [0.3, 0.4) is 0 Å². The molecule has 0 bridgehead atoms. The minimum atomic E-state index is -0.368. The predicted molar refractivity (Wildman–Crippen MR) is 117 cm³/mol. The lowest BCUT2D eigenvalue weighted by molar-refractivity contribution is -0.121. The van der Waals surface area contributed by atoms with Gasteiger partial charge in [-0.15, -0.1) is 12.4 Å². The SMILES string of the molecule is Cl.O=C(CC(NC(=O)c1ccccc1)c1ccccc1)NCCN1CCNCC1. The number of amides is 2. The van der Waals surface area contributed by atoms with Gasteiger partial charge in [-0.2, -0.15) is 0 Å². The minimum Gasteiger partial charge on any atom is -0.355 e. The van der Waals surface area contributed by atoms with E-state index in [2.05, 4.69) is 20.9 Å². The van der Waals surface area contributed by atoms with Crippen molar-refractivity contribution in [1.29, 1.82) is 0 Å². The molecule has 1 aliphatic rings. The number of benzene rings is 2. The van der Waals surface area contributed by atoms with Crippen molar-refractivity contribution < 1.29 is 9.59 Å². The van der Waals surface area contributed by atoms with Gasteiger partial charge in [-0.3, -0.25) is 14.5 Å². The normalized spacial score (nSPS) is 15.0. The predicted octanol–water partition coefficient (Wildman–Crippen LogP) is 1.99. The topological polar surface area (TPSA) is 73.5 Å². The van der Waals surface area contributed by atoms with Crippen LogP contribution in [0.2, 0.25) is 0 Å². The van der Waals surface area contributed by atoms with Gasteiger partial charge in [-0.05, 0) is 17.7 Å². The standard InChI is InChI=1S/C22H28N4O2.ClH/c27-21(24-13-16-26-14-11-23-12-15-26)17-20(18-7-3-1-4-8-18)25-22(28)19-9-5-2-6-10-19;/h1-10,20,23H,11-17H2,(H,24,27)(H,25,28);1H. The van der Waals surface area contributed by atoms with Gasteiger partial charge in [0.2, 0.25) is 5.91 Å². The molecule has 0 radical (unpaired) electrons. The minimum absolute atomic E-state index is 0. The Balaban J connectivity index is 0.00000300. The first-order valence-electron chi connectivity index (χ1n) is 9.83. The zero-order chi connectivity index (χ0) is 19.6. The van der Waals surface area contributed by atoms with E-state index in [0.717, 1.165) is 38.3 Å². The molecule has 3 N–H and O–H groups in total. The summed E-state index contributed by atoms with van der Waals surface area (Å²) in [4.78, 5) is 27.4. The van der Waals surface area contributed by atoms with Crippen LogP contribution in [-0.4, -0.2) is 56.0 Å². The second kappa shape index (κ2) is 12.2. The second-order valence-corrected chi connectivity index (χ2v) is 6.95. The summed E-state index contributed by atoms with van der Waals surface area (Å²) in [5.41, 5.74) is 1.51. The number of hydrogen-bond donors (Lipinski definition) is 3. The average molecular weight is 417 g/mol. The fourth-order valence-electron chi connectivity index (χ4n) is 3.31. The van der Waals surface area contributed by atoms with Crippen LogP contribution in [0.1, 0.15) is 28.4 Å². The molecule has 29 heavy (non-hydrogen) atoms. The lowest BCUT2D eigenvalue weighted by atomic mass is 10.0. The Labute approximate surface area is 178 Å². The van der Waals surface area contributed by atoms with Crippen molar-refractivity contribution >= 4 is 24.2 Å². The van der Waals surface area contributed by atoms with Crippen molar-refractivity contribution in [3.8, 4) is 0 Å². The monoisotopic (exact) mass is 416 g/mol. The summed E-state index contributed by atoms with van der Waals surface area (Å²) in [6.07, 6.45) is 0.212.